The standard InChI is InChI=1S/C22H23N3O2/c1-15-3-8-21-17(13-15)14-20(16(2)23-21)22(26)24-18-4-6-19(7-5-18)25-9-11-27-12-10-25/h3-8,13-14H,9-12H2,1-2H3,(H,24,26). The van der Waals surface area contributed by atoms with Gasteiger partial charge in [0.2, 0.25) is 0 Å². The average Bonchev–Trinajstić information content (AvgIpc) is 2.69. The van der Waals surface area contributed by atoms with Crippen LogP contribution in [0.1, 0.15) is 21.6 Å². The fourth-order valence-electron chi connectivity index (χ4n) is 3.40. The molecule has 138 valence electrons. The molecular weight excluding hydrogens is 338 g/mol. The van der Waals surface area contributed by atoms with Gasteiger partial charge in [0, 0.05) is 29.9 Å². The Balaban J connectivity index is 1.53. The molecule has 0 radical (unpaired) electrons. The minimum absolute atomic E-state index is 0.137. The molecule has 1 aliphatic heterocycles. The zero-order valence-corrected chi connectivity index (χ0v) is 15.7. The van der Waals surface area contributed by atoms with Gasteiger partial charge in [-0.05, 0) is 56.3 Å². The number of hydrogen-bond donors (Lipinski definition) is 1. The Kier molecular flexibility index (Phi) is 4.77. The quantitative estimate of drug-likeness (QED) is 0.768. The van der Waals surface area contributed by atoms with E-state index in [-0.39, 0.29) is 5.91 Å². The van der Waals surface area contributed by atoms with Crippen LogP contribution in [0.3, 0.4) is 0 Å². The number of amides is 1. The average molecular weight is 361 g/mol. The Bertz CT molecular complexity index is 977. The maximum absolute atomic E-state index is 12.8. The SMILES string of the molecule is Cc1ccc2nc(C)c(C(=O)Nc3ccc(N4CCOCC4)cc3)cc2c1. The third-order valence-electron chi connectivity index (χ3n) is 4.91. The Morgan fingerprint density at radius 1 is 1.04 bits per heavy atom. The van der Waals surface area contributed by atoms with Crippen LogP contribution in [0.5, 0.6) is 0 Å². The van der Waals surface area contributed by atoms with Crippen molar-refractivity contribution >= 4 is 28.2 Å². The zero-order chi connectivity index (χ0) is 18.8. The monoisotopic (exact) mass is 361 g/mol. The van der Waals surface area contributed by atoms with Crippen molar-refractivity contribution in [2.75, 3.05) is 36.5 Å². The fourth-order valence-corrected chi connectivity index (χ4v) is 3.40. The summed E-state index contributed by atoms with van der Waals surface area (Å²) in [5.41, 5.74) is 5.32. The highest BCUT2D eigenvalue weighted by Crippen LogP contribution is 2.22. The van der Waals surface area contributed by atoms with E-state index in [1.165, 1.54) is 0 Å². The molecule has 2 aromatic carbocycles. The Hall–Kier alpha value is -2.92. The van der Waals surface area contributed by atoms with E-state index < -0.39 is 0 Å². The van der Waals surface area contributed by atoms with Crippen LogP contribution in [0, 0.1) is 13.8 Å². The molecule has 0 bridgehead atoms. The van der Waals surface area contributed by atoms with E-state index in [9.17, 15) is 4.79 Å². The highest BCUT2D eigenvalue weighted by Gasteiger charge is 2.14. The molecule has 1 N–H and O–H groups in total. The third kappa shape index (κ3) is 3.78. The number of fused-ring (bicyclic) bond motifs is 1. The molecule has 1 fully saturated rings. The number of nitrogens with one attached hydrogen (secondary N) is 1. The van der Waals surface area contributed by atoms with E-state index in [1.807, 2.05) is 56.3 Å². The van der Waals surface area contributed by atoms with Crippen molar-refractivity contribution in [1.29, 1.82) is 0 Å². The lowest BCUT2D eigenvalue weighted by Crippen LogP contribution is -2.36. The number of hydrogen-bond acceptors (Lipinski definition) is 4. The number of pyridine rings is 1. The minimum Gasteiger partial charge on any atom is -0.378 e. The maximum atomic E-state index is 12.8. The molecule has 3 aromatic rings. The molecule has 0 aliphatic carbocycles. The van der Waals surface area contributed by atoms with Gasteiger partial charge in [-0.1, -0.05) is 11.6 Å². The lowest BCUT2D eigenvalue weighted by Gasteiger charge is -2.28. The largest absolute Gasteiger partial charge is 0.378 e. The van der Waals surface area contributed by atoms with Gasteiger partial charge in [0.15, 0.2) is 0 Å². The second kappa shape index (κ2) is 7.37. The summed E-state index contributed by atoms with van der Waals surface area (Å²) in [6.07, 6.45) is 0. The molecule has 1 saturated heterocycles. The first-order valence-electron chi connectivity index (χ1n) is 9.22. The number of nitrogens with zero attached hydrogens (tertiary/aromatic N) is 2. The lowest BCUT2D eigenvalue weighted by atomic mass is 10.1. The van der Waals surface area contributed by atoms with Crippen LogP contribution >= 0.6 is 0 Å². The van der Waals surface area contributed by atoms with Crippen molar-refractivity contribution in [1.82, 2.24) is 4.98 Å². The fraction of sp³-hybridized carbons (Fsp3) is 0.273. The van der Waals surface area contributed by atoms with Gasteiger partial charge in [0.25, 0.3) is 5.91 Å². The van der Waals surface area contributed by atoms with E-state index in [4.69, 9.17) is 4.74 Å². The second-order valence-electron chi connectivity index (χ2n) is 6.92. The highest BCUT2D eigenvalue weighted by molar-refractivity contribution is 6.06. The molecule has 0 spiro atoms. The van der Waals surface area contributed by atoms with Gasteiger partial charge < -0.3 is 15.0 Å². The number of ether oxygens (including phenoxy) is 1. The molecule has 1 aromatic heterocycles. The molecule has 2 heterocycles. The van der Waals surface area contributed by atoms with E-state index in [2.05, 4.69) is 21.3 Å². The number of aryl methyl sites for hydroxylation is 2. The Labute approximate surface area is 159 Å². The van der Waals surface area contributed by atoms with Crippen molar-refractivity contribution < 1.29 is 9.53 Å². The summed E-state index contributed by atoms with van der Waals surface area (Å²) in [6, 6.07) is 15.9. The highest BCUT2D eigenvalue weighted by atomic mass is 16.5. The summed E-state index contributed by atoms with van der Waals surface area (Å²) in [5.74, 6) is -0.137. The smallest absolute Gasteiger partial charge is 0.257 e. The molecule has 27 heavy (non-hydrogen) atoms. The molecule has 4 rings (SSSR count). The number of aromatic nitrogens is 1. The second-order valence-corrected chi connectivity index (χ2v) is 6.92. The number of benzene rings is 2. The summed E-state index contributed by atoms with van der Waals surface area (Å²) < 4.78 is 5.39. The van der Waals surface area contributed by atoms with Crippen LogP contribution in [-0.4, -0.2) is 37.2 Å². The van der Waals surface area contributed by atoms with Crippen molar-refractivity contribution in [3.8, 4) is 0 Å². The van der Waals surface area contributed by atoms with Gasteiger partial charge in [-0.15, -0.1) is 0 Å². The van der Waals surface area contributed by atoms with Gasteiger partial charge >= 0.3 is 0 Å². The van der Waals surface area contributed by atoms with E-state index in [1.54, 1.807) is 0 Å². The number of carbonyl (C=O) groups is 1. The van der Waals surface area contributed by atoms with Crippen LogP contribution in [0.2, 0.25) is 0 Å². The van der Waals surface area contributed by atoms with Gasteiger partial charge in [0.05, 0.1) is 30.0 Å². The molecular formula is C22H23N3O2. The first kappa shape index (κ1) is 17.5. The van der Waals surface area contributed by atoms with E-state index in [0.717, 1.165) is 59.8 Å². The predicted octanol–water partition coefficient (Wildman–Crippen LogP) is 3.94. The molecule has 0 unspecified atom stereocenters. The molecule has 5 nitrogen and oxygen atoms in total. The van der Waals surface area contributed by atoms with Crippen LogP contribution in [-0.2, 0) is 4.74 Å². The Morgan fingerprint density at radius 3 is 2.52 bits per heavy atom. The third-order valence-corrected chi connectivity index (χ3v) is 4.91. The minimum atomic E-state index is -0.137. The van der Waals surface area contributed by atoms with E-state index >= 15 is 0 Å². The lowest BCUT2D eigenvalue weighted by molar-refractivity contribution is 0.102. The Morgan fingerprint density at radius 2 is 1.78 bits per heavy atom. The molecule has 0 saturated carbocycles. The summed E-state index contributed by atoms with van der Waals surface area (Å²) in [5, 5.41) is 3.97. The molecule has 5 heteroatoms. The number of morpholine rings is 1. The van der Waals surface area contributed by atoms with Gasteiger partial charge in [-0.25, -0.2) is 0 Å². The topological polar surface area (TPSA) is 54.5 Å². The first-order chi connectivity index (χ1) is 13.1. The van der Waals surface area contributed by atoms with Gasteiger partial charge in [0.1, 0.15) is 0 Å². The summed E-state index contributed by atoms with van der Waals surface area (Å²) in [7, 11) is 0. The van der Waals surface area contributed by atoms with Crippen molar-refractivity contribution in [3.05, 3.63) is 65.4 Å². The number of anilines is 2. The van der Waals surface area contributed by atoms with Crippen LogP contribution in [0.4, 0.5) is 11.4 Å². The van der Waals surface area contributed by atoms with Gasteiger partial charge in [-0.3, -0.25) is 9.78 Å². The summed E-state index contributed by atoms with van der Waals surface area (Å²) in [4.78, 5) is 19.6. The summed E-state index contributed by atoms with van der Waals surface area (Å²) in [6.45, 7) is 7.21. The van der Waals surface area contributed by atoms with Crippen LogP contribution < -0.4 is 10.2 Å². The van der Waals surface area contributed by atoms with Crippen molar-refractivity contribution in [3.63, 3.8) is 0 Å². The normalized spacial score (nSPS) is 14.4. The molecule has 1 aliphatic rings. The molecule has 0 atom stereocenters. The van der Waals surface area contributed by atoms with Crippen molar-refractivity contribution in [2.24, 2.45) is 0 Å². The van der Waals surface area contributed by atoms with Crippen molar-refractivity contribution in [2.45, 2.75) is 13.8 Å². The summed E-state index contributed by atoms with van der Waals surface area (Å²) >= 11 is 0. The van der Waals surface area contributed by atoms with E-state index in [0.29, 0.717) is 5.56 Å². The van der Waals surface area contributed by atoms with Crippen LogP contribution in [0.15, 0.2) is 48.5 Å². The zero-order valence-electron chi connectivity index (χ0n) is 15.7. The van der Waals surface area contributed by atoms with Gasteiger partial charge in [-0.2, -0.15) is 0 Å². The molecule has 1 amide bonds. The predicted molar refractivity (Wildman–Crippen MR) is 109 cm³/mol. The first-order valence-corrected chi connectivity index (χ1v) is 9.22. The number of rotatable bonds is 3. The number of carbonyl (C=O) groups excluding carboxylic acids is 1. The van der Waals surface area contributed by atoms with Crippen LogP contribution in [0.25, 0.3) is 10.9 Å². The maximum Gasteiger partial charge on any atom is 0.257 e.